The summed E-state index contributed by atoms with van der Waals surface area (Å²) in [5.41, 5.74) is 0.883. The first kappa shape index (κ1) is 20.6. The quantitative estimate of drug-likeness (QED) is 0.694. The topological polar surface area (TPSA) is 119 Å². The maximum Gasteiger partial charge on any atom is 0.657 e. The minimum atomic E-state index is -1.31. The van der Waals surface area contributed by atoms with E-state index in [0.29, 0.717) is 5.75 Å². The van der Waals surface area contributed by atoms with Crippen LogP contribution in [0.15, 0.2) is 29.6 Å². The molecule has 0 atom stereocenters. The van der Waals surface area contributed by atoms with Crippen LogP contribution < -0.4 is 15.2 Å². The lowest BCUT2D eigenvalue weighted by Gasteiger charge is -2.21. The van der Waals surface area contributed by atoms with E-state index in [1.807, 2.05) is 0 Å². The highest BCUT2D eigenvalue weighted by Crippen LogP contribution is 2.21. The number of benzene rings is 1. The molecule has 2 heterocycles. The highest BCUT2D eigenvalue weighted by molar-refractivity contribution is 7.14. The molecular formula is C17H18BN3O7S. The number of nitrogens with zero attached hydrogens (tertiary/aromatic N) is 3. The van der Waals surface area contributed by atoms with Gasteiger partial charge in [0, 0.05) is 5.38 Å². The van der Waals surface area contributed by atoms with Crippen LogP contribution in [0.25, 0.3) is 0 Å². The monoisotopic (exact) mass is 419 g/mol. The molecule has 0 radical (unpaired) electrons. The third-order valence-electron chi connectivity index (χ3n) is 3.99. The van der Waals surface area contributed by atoms with E-state index in [0.717, 1.165) is 21.8 Å². The molecular weight excluding hydrogens is 401 g/mol. The van der Waals surface area contributed by atoms with Crippen molar-refractivity contribution in [3.05, 3.63) is 35.2 Å². The van der Waals surface area contributed by atoms with Gasteiger partial charge in [-0.15, -0.1) is 11.3 Å². The first-order valence-electron chi connectivity index (χ1n) is 8.52. The lowest BCUT2D eigenvalue weighted by molar-refractivity contribution is -0.145. The fourth-order valence-electron chi connectivity index (χ4n) is 2.59. The van der Waals surface area contributed by atoms with E-state index < -0.39 is 25.2 Å². The van der Waals surface area contributed by atoms with Crippen molar-refractivity contribution in [2.24, 2.45) is 0 Å². The Kier molecular flexibility index (Phi) is 6.34. The van der Waals surface area contributed by atoms with E-state index in [1.165, 1.54) is 10.3 Å². The number of carboxylic acid groups (broad SMARTS) is 1. The van der Waals surface area contributed by atoms with E-state index in [1.54, 1.807) is 38.4 Å². The summed E-state index contributed by atoms with van der Waals surface area (Å²) >= 11 is 1.04. The largest absolute Gasteiger partial charge is 0.657 e. The number of hydrogen-bond acceptors (Lipinski definition) is 9. The van der Waals surface area contributed by atoms with Gasteiger partial charge in [0.25, 0.3) is 0 Å². The summed E-state index contributed by atoms with van der Waals surface area (Å²) in [7, 11) is 1.82. The highest BCUT2D eigenvalue weighted by Gasteiger charge is 2.36. The third-order valence-corrected chi connectivity index (χ3v) is 4.87. The number of rotatable bonds is 5. The molecule has 0 aliphatic carbocycles. The Labute approximate surface area is 170 Å². The summed E-state index contributed by atoms with van der Waals surface area (Å²) in [6.07, 6.45) is -1.20. The Hall–Kier alpha value is -3.12. The molecule has 152 valence electrons. The maximum atomic E-state index is 11.9. The van der Waals surface area contributed by atoms with Crippen LogP contribution in [0.4, 0.5) is 9.93 Å². The SMILES string of the molecule is COc1ccc(CN(C(=O)O)c2nc(B3OC(=O)CN(C)CC(=O)O3)cs2)cc1. The second kappa shape index (κ2) is 8.92. The molecule has 1 amide bonds. The number of hydrogen-bond donors (Lipinski definition) is 1. The van der Waals surface area contributed by atoms with Gasteiger partial charge in [0.05, 0.1) is 26.7 Å². The van der Waals surface area contributed by atoms with Gasteiger partial charge in [-0.3, -0.25) is 14.5 Å². The standard InChI is InChI=1S/C17H18BN3O7S/c1-20-8-14(22)27-18(28-15(23)9-20)13-10-29-16(19-13)21(17(24)25)7-11-3-5-12(26-2)6-4-11/h3-6,10H,7-9H2,1-2H3,(H,24,25). The molecule has 1 aliphatic rings. The number of carbonyl (C=O) groups is 3. The van der Waals surface area contributed by atoms with Crippen LogP contribution >= 0.6 is 11.3 Å². The van der Waals surface area contributed by atoms with E-state index in [2.05, 4.69) is 4.98 Å². The Morgan fingerprint density at radius 3 is 2.45 bits per heavy atom. The number of thiazole rings is 1. The van der Waals surface area contributed by atoms with Gasteiger partial charge in [-0.25, -0.2) is 14.7 Å². The van der Waals surface area contributed by atoms with Gasteiger partial charge >= 0.3 is 25.2 Å². The molecule has 0 saturated carbocycles. The molecule has 2 aromatic rings. The van der Waals surface area contributed by atoms with E-state index in [-0.39, 0.29) is 30.4 Å². The minimum Gasteiger partial charge on any atom is -0.497 e. The van der Waals surface area contributed by atoms with Gasteiger partial charge < -0.3 is 19.2 Å². The first-order valence-corrected chi connectivity index (χ1v) is 9.40. The molecule has 1 aromatic heterocycles. The van der Waals surface area contributed by atoms with Crippen LogP contribution in [0.1, 0.15) is 5.56 Å². The predicted octanol–water partition coefficient (Wildman–Crippen LogP) is 0.563. The lowest BCUT2D eigenvalue weighted by Crippen LogP contribution is -2.48. The number of amides is 1. The van der Waals surface area contributed by atoms with Gasteiger partial charge in [0.15, 0.2) is 5.13 Å². The van der Waals surface area contributed by atoms with Crippen molar-refractivity contribution in [3.63, 3.8) is 0 Å². The van der Waals surface area contributed by atoms with E-state index >= 15 is 0 Å². The lowest BCUT2D eigenvalue weighted by atomic mass is 9.85. The maximum absolute atomic E-state index is 11.9. The molecule has 1 N–H and O–H groups in total. The highest BCUT2D eigenvalue weighted by atomic mass is 32.1. The number of aromatic nitrogens is 1. The van der Waals surface area contributed by atoms with Gasteiger partial charge in [0.2, 0.25) is 0 Å². The summed E-state index contributed by atoms with van der Waals surface area (Å²) in [6.45, 7) is -0.0794. The third kappa shape index (κ3) is 5.24. The molecule has 1 saturated heterocycles. The zero-order valence-electron chi connectivity index (χ0n) is 15.7. The van der Waals surface area contributed by atoms with Gasteiger partial charge in [-0.05, 0) is 24.7 Å². The fourth-order valence-corrected chi connectivity index (χ4v) is 3.41. The second-order valence-electron chi connectivity index (χ2n) is 6.26. The van der Waals surface area contributed by atoms with Crippen LogP contribution in [0.5, 0.6) is 5.75 Å². The van der Waals surface area contributed by atoms with Crippen molar-refractivity contribution in [3.8, 4) is 5.75 Å². The molecule has 10 nitrogen and oxygen atoms in total. The predicted molar refractivity (Wildman–Crippen MR) is 104 cm³/mol. The fraction of sp³-hybridized carbons (Fsp3) is 0.294. The summed E-state index contributed by atoms with van der Waals surface area (Å²) < 4.78 is 15.4. The number of methoxy groups -OCH3 is 1. The molecule has 12 heteroatoms. The number of ether oxygens (including phenoxy) is 1. The molecule has 3 rings (SSSR count). The van der Waals surface area contributed by atoms with Crippen LogP contribution in [0.3, 0.4) is 0 Å². The Balaban J connectivity index is 1.78. The van der Waals surface area contributed by atoms with Crippen molar-refractivity contribution < 1.29 is 33.5 Å². The molecule has 0 unspecified atom stereocenters. The van der Waals surface area contributed by atoms with E-state index in [9.17, 15) is 19.5 Å². The summed E-state index contributed by atoms with van der Waals surface area (Å²) in [5, 5.41) is 11.3. The van der Waals surface area contributed by atoms with Gasteiger partial charge in [-0.1, -0.05) is 12.1 Å². The van der Waals surface area contributed by atoms with Crippen LogP contribution in [-0.2, 0) is 25.4 Å². The van der Waals surface area contributed by atoms with Crippen LogP contribution in [0.2, 0.25) is 0 Å². The zero-order valence-corrected chi connectivity index (χ0v) is 16.5. The summed E-state index contributed by atoms with van der Waals surface area (Å²) in [6, 6.07) is 6.95. The zero-order chi connectivity index (χ0) is 21.0. The molecule has 0 bridgehead atoms. The van der Waals surface area contributed by atoms with Crippen molar-refractivity contribution in [2.45, 2.75) is 6.54 Å². The van der Waals surface area contributed by atoms with Crippen molar-refractivity contribution >= 4 is 47.2 Å². The Morgan fingerprint density at radius 1 is 1.28 bits per heavy atom. The van der Waals surface area contributed by atoms with Gasteiger partial charge in [-0.2, -0.15) is 0 Å². The molecule has 0 spiro atoms. The normalized spacial score (nSPS) is 15.2. The molecule has 1 aliphatic heterocycles. The van der Waals surface area contributed by atoms with Gasteiger partial charge in [0.1, 0.15) is 11.3 Å². The molecule has 1 aromatic carbocycles. The number of anilines is 1. The van der Waals surface area contributed by atoms with Crippen LogP contribution in [0, 0.1) is 0 Å². The molecule has 1 fully saturated rings. The number of carbonyl (C=O) groups excluding carboxylic acids is 2. The van der Waals surface area contributed by atoms with Crippen molar-refractivity contribution in [1.29, 1.82) is 0 Å². The number of likely N-dealkylation sites (N-methyl/N-ethyl adjacent to an activating group) is 1. The summed E-state index contributed by atoms with van der Waals surface area (Å²) in [4.78, 5) is 42.2. The van der Waals surface area contributed by atoms with Crippen molar-refractivity contribution in [1.82, 2.24) is 9.88 Å². The van der Waals surface area contributed by atoms with E-state index in [4.69, 9.17) is 14.0 Å². The smallest absolute Gasteiger partial charge is 0.497 e. The Bertz CT molecular complexity index is 885. The Morgan fingerprint density at radius 2 is 1.90 bits per heavy atom. The average Bonchev–Trinajstić information content (AvgIpc) is 3.14. The molecule has 29 heavy (non-hydrogen) atoms. The first-order chi connectivity index (χ1) is 13.9. The minimum absolute atomic E-state index is 0.0569. The van der Waals surface area contributed by atoms with Crippen LogP contribution in [-0.4, -0.2) is 67.4 Å². The second-order valence-corrected chi connectivity index (χ2v) is 7.09. The average molecular weight is 419 g/mol. The summed E-state index contributed by atoms with van der Waals surface area (Å²) in [5.74, 6) is -0.494. The van der Waals surface area contributed by atoms with Crippen molar-refractivity contribution in [2.75, 3.05) is 32.1 Å².